The highest BCUT2D eigenvalue weighted by Crippen LogP contribution is 2.22. The average molecular weight is 255 g/mol. The van der Waals surface area contributed by atoms with Crippen LogP contribution in [0.2, 0.25) is 0 Å². The van der Waals surface area contributed by atoms with E-state index in [0.717, 1.165) is 32.4 Å². The summed E-state index contributed by atoms with van der Waals surface area (Å²) in [6.07, 6.45) is 2.98. The van der Waals surface area contributed by atoms with Crippen molar-refractivity contribution in [2.24, 2.45) is 0 Å². The molecular weight excluding hydrogens is 241 g/mol. The third-order valence-electron chi connectivity index (χ3n) is 2.01. The Morgan fingerprint density at radius 2 is 2.10 bits per heavy atom. The van der Waals surface area contributed by atoms with E-state index in [9.17, 15) is 5.11 Å². The van der Waals surface area contributed by atoms with Crippen LogP contribution < -0.4 is 0 Å². The van der Waals surface area contributed by atoms with Gasteiger partial charge in [-0.05, 0) is 26.2 Å². The molecule has 0 aliphatic carbocycles. The first kappa shape index (κ1) is 8.74. The van der Waals surface area contributed by atoms with Crippen molar-refractivity contribution in [1.82, 2.24) is 3.11 Å². The zero-order chi connectivity index (χ0) is 7.61. The predicted octanol–water partition coefficient (Wildman–Crippen LogP) is 1.57. The fourth-order valence-electron chi connectivity index (χ4n) is 1.23. The van der Waals surface area contributed by atoms with Crippen LogP contribution in [-0.2, 0) is 0 Å². The fraction of sp³-hybridized carbons (Fsp3) is 1.00. The molecule has 1 aliphatic rings. The summed E-state index contributed by atoms with van der Waals surface area (Å²) in [7, 11) is 0. The van der Waals surface area contributed by atoms with Gasteiger partial charge in [0.15, 0.2) is 0 Å². The Labute approximate surface area is 76.1 Å². The first-order chi connectivity index (χ1) is 4.60. The molecule has 0 amide bonds. The maximum atomic E-state index is 9.64. The summed E-state index contributed by atoms with van der Waals surface area (Å²) in [5.41, 5.74) is -0.403. The van der Waals surface area contributed by atoms with Gasteiger partial charge in [0.25, 0.3) is 0 Å². The lowest BCUT2D eigenvalue weighted by molar-refractivity contribution is 0.0469. The van der Waals surface area contributed by atoms with Gasteiger partial charge in [0.05, 0.1) is 5.60 Å². The number of nitrogens with zero attached hydrogens (tertiary/aromatic N) is 1. The van der Waals surface area contributed by atoms with Crippen LogP contribution in [0.1, 0.15) is 26.2 Å². The van der Waals surface area contributed by atoms with E-state index in [-0.39, 0.29) is 0 Å². The summed E-state index contributed by atoms with van der Waals surface area (Å²) in [6.45, 7) is 4.08. The van der Waals surface area contributed by atoms with Gasteiger partial charge in [-0.1, -0.05) is 0 Å². The molecule has 0 aromatic carbocycles. The SMILES string of the molecule is CC1(O)CCCN(I)CC1. The first-order valence-electron chi connectivity index (χ1n) is 3.73. The van der Waals surface area contributed by atoms with Crippen molar-refractivity contribution in [2.45, 2.75) is 31.8 Å². The zero-order valence-corrected chi connectivity index (χ0v) is 8.47. The molecule has 1 rings (SSSR count). The quantitative estimate of drug-likeness (QED) is 0.524. The fourth-order valence-corrected chi connectivity index (χ4v) is 1.81. The van der Waals surface area contributed by atoms with E-state index in [4.69, 9.17) is 0 Å². The summed E-state index contributed by atoms with van der Waals surface area (Å²) in [5, 5.41) is 9.64. The van der Waals surface area contributed by atoms with Gasteiger partial charge >= 0.3 is 0 Å². The van der Waals surface area contributed by atoms with Crippen molar-refractivity contribution in [3.8, 4) is 0 Å². The van der Waals surface area contributed by atoms with Gasteiger partial charge in [-0.3, -0.25) is 0 Å². The lowest BCUT2D eigenvalue weighted by Gasteiger charge is -2.19. The topological polar surface area (TPSA) is 23.5 Å². The van der Waals surface area contributed by atoms with Gasteiger partial charge in [0.2, 0.25) is 0 Å². The van der Waals surface area contributed by atoms with E-state index in [1.165, 1.54) is 0 Å². The molecule has 1 saturated heterocycles. The zero-order valence-electron chi connectivity index (χ0n) is 6.31. The van der Waals surface area contributed by atoms with Crippen LogP contribution in [0.25, 0.3) is 0 Å². The minimum atomic E-state index is -0.403. The summed E-state index contributed by atoms with van der Waals surface area (Å²) >= 11 is 2.32. The lowest BCUT2D eigenvalue weighted by Crippen LogP contribution is -2.24. The van der Waals surface area contributed by atoms with E-state index in [0.29, 0.717) is 0 Å². The van der Waals surface area contributed by atoms with Gasteiger partial charge in [-0.25, -0.2) is 3.11 Å². The lowest BCUT2D eigenvalue weighted by atomic mass is 9.98. The second kappa shape index (κ2) is 3.36. The van der Waals surface area contributed by atoms with Crippen LogP contribution >= 0.6 is 22.9 Å². The van der Waals surface area contributed by atoms with Crippen molar-refractivity contribution in [2.75, 3.05) is 13.1 Å². The van der Waals surface area contributed by atoms with E-state index >= 15 is 0 Å². The molecular formula is C7H14INO. The van der Waals surface area contributed by atoms with Crippen molar-refractivity contribution >= 4 is 22.9 Å². The van der Waals surface area contributed by atoms with Crippen molar-refractivity contribution in [3.05, 3.63) is 0 Å². The van der Waals surface area contributed by atoms with Crippen LogP contribution in [-0.4, -0.2) is 26.9 Å². The molecule has 0 aromatic rings. The van der Waals surface area contributed by atoms with Crippen molar-refractivity contribution in [3.63, 3.8) is 0 Å². The summed E-state index contributed by atoms with van der Waals surface area (Å²) in [5.74, 6) is 0. The van der Waals surface area contributed by atoms with Crippen LogP contribution in [0.15, 0.2) is 0 Å². The largest absolute Gasteiger partial charge is 0.390 e. The van der Waals surface area contributed by atoms with E-state index in [2.05, 4.69) is 26.0 Å². The molecule has 1 aliphatic heterocycles. The third-order valence-corrected chi connectivity index (χ3v) is 2.97. The van der Waals surface area contributed by atoms with Crippen LogP contribution in [0.3, 0.4) is 0 Å². The molecule has 1 atom stereocenters. The van der Waals surface area contributed by atoms with Crippen LogP contribution in [0.5, 0.6) is 0 Å². The molecule has 10 heavy (non-hydrogen) atoms. The molecule has 2 nitrogen and oxygen atoms in total. The Hall–Kier alpha value is 0.650. The molecule has 60 valence electrons. The summed E-state index contributed by atoms with van der Waals surface area (Å²) < 4.78 is 2.25. The van der Waals surface area contributed by atoms with E-state index in [1.54, 1.807) is 0 Å². The average Bonchev–Trinajstić information content (AvgIpc) is 1.94. The molecule has 3 heteroatoms. The Kier molecular flexibility index (Phi) is 2.94. The molecule has 0 bridgehead atoms. The monoisotopic (exact) mass is 255 g/mol. The molecule has 1 fully saturated rings. The summed E-state index contributed by atoms with van der Waals surface area (Å²) in [4.78, 5) is 0. The summed E-state index contributed by atoms with van der Waals surface area (Å²) in [6, 6.07) is 0. The molecule has 0 spiro atoms. The standard InChI is InChI=1S/C7H14INO/c1-7(10)3-2-5-9(8)6-4-7/h10H,2-6H2,1H3. The molecule has 0 aromatic heterocycles. The Bertz CT molecular complexity index is 116. The maximum absolute atomic E-state index is 9.64. The van der Waals surface area contributed by atoms with E-state index in [1.807, 2.05) is 6.92 Å². The number of halogens is 1. The molecule has 1 unspecified atom stereocenters. The van der Waals surface area contributed by atoms with E-state index < -0.39 is 5.60 Å². The highest BCUT2D eigenvalue weighted by atomic mass is 127. The Morgan fingerprint density at radius 3 is 2.80 bits per heavy atom. The third kappa shape index (κ3) is 2.72. The van der Waals surface area contributed by atoms with Crippen molar-refractivity contribution in [1.29, 1.82) is 0 Å². The highest BCUT2D eigenvalue weighted by Gasteiger charge is 2.23. The molecule has 0 radical (unpaired) electrons. The number of aliphatic hydroxyl groups is 1. The van der Waals surface area contributed by atoms with Gasteiger partial charge in [0, 0.05) is 36.0 Å². The number of hydrogen-bond donors (Lipinski definition) is 1. The Balaban J connectivity index is 2.41. The second-order valence-corrected chi connectivity index (χ2v) is 4.62. The minimum Gasteiger partial charge on any atom is -0.390 e. The van der Waals surface area contributed by atoms with Gasteiger partial charge in [-0.15, -0.1) is 0 Å². The normalized spacial score (nSPS) is 37.5. The first-order valence-corrected chi connectivity index (χ1v) is 4.70. The highest BCUT2D eigenvalue weighted by molar-refractivity contribution is 14.1. The Morgan fingerprint density at radius 1 is 1.40 bits per heavy atom. The minimum absolute atomic E-state index is 0.403. The number of rotatable bonds is 0. The molecule has 1 N–H and O–H groups in total. The molecule has 1 heterocycles. The smallest absolute Gasteiger partial charge is 0.0632 e. The van der Waals surface area contributed by atoms with Gasteiger partial charge < -0.3 is 5.11 Å². The van der Waals surface area contributed by atoms with Gasteiger partial charge in [-0.2, -0.15) is 0 Å². The second-order valence-electron chi connectivity index (χ2n) is 3.26. The van der Waals surface area contributed by atoms with Gasteiger partial charge in [0.1, 0.15) is 0 Å². The molecule has 0 saturated carbocycles. The number of hydrogen-bond acceptors (Lipinski definition) is 2. The predicted molar refractivity (Wildman–Crippen MR) is 50.1 cm³/mol. The maximum Gasteiger partial charge on any atom is 0.0632 e. The van der Waals surface area contributed by atoms with Crippen molar-refractivity contribution < 1.29 is 5.11 Å². The van der Waals surface area contributed by atoms with Crippen LogP contribution in [0, 0.1) is 0 Å². The van der Waals surface area contributed by atoms with Crippen LogP contribution in [0.4, 0.5) is 0 Å².